The summed E-state index contributed by atoms with van der Waals surface area (Å²) in [6, 6.07) is 6.61. The van der Waals surface area contributed by atoms with Crippen molar-refractivity contribution in [3.8, 4) is 5.75 Å². The standard InChI is InChI=1S/C16H26N2O3S/c1-14-8-10-18(11-9-14)12-13-21-15-4-6-16(7-5-15)22(19,20)17(2)3/h4-7,14H,8-13H2,1-3H3. The average molecular weight is 326 g/mol. The van der Waals surface area contributed by atoms with Crippen molar-refractivity contribution in [2.75, 3.05) is 40.3 Å². The lowest BCUT2D eigenvalue weighted by Crippen LogP contribution is -2.35. The second kappa shape index (κ2) is 7.44. The van der Waals surface area contributed by atoms with Gasteiger partial charge in [-0.3, -0.25) is 4.90 Å². The number of hydrogen-bond acceptors (Lipinski definition) is 4. The van der Waals surface area contributed by atoms with Crippen LogP contribution in [0.4, 0.5) is 0 Å². The molecule has 0 N–H and O–H groups in total. The fraction of sp³-hybridized carbons (Fsp3) is 0.625. The van der Waals surface area contributed by atoms with Gasteiger partial charge in [0.15, 0.2) is 0 Å². The van der Waals surface area contributed by atoms with Gasteiger partial charge < -0.3 is 4.74 Å². The Bertz CT molecular complexity index is 562. The van der Waals surface area contributed by atoms with E-state index in [9.17, 15) is 8.42 Å². The molecule has 0 saturated carbocycles. The van der Waals surface area contributed by atoms with Crippen molar-refractivity contribution in [3.63, 3.8) is 0 Å². The lowest BCUT2D eigenvalue weighted by molar-refractivity contribution is 0.160. The van der Waals surface area contributed by atoms with Crippen LogP contribution in [0.15, 0.2) is 29.2 Å². The van der Waals surface area contributed by atoms with Crippen molar-refractivity contribution < 1.29 is 13.2 Å². The Balaban J connectivity index is 1.82. The Labute approximate surface area is 133 Å². The monoisotopic (exact) mass is 326 g/mol. The predicted molar refractivity (Wildman–Crippen MR) is 87.6 cm³/mol. The first kappa shape index (κ1) is 17.2. The first-order valence-electron chi connectivity index (χ1n) is 7.77. The van der Waals surface area contributed by atoms with Crippen LogP contribution >= 0.6 is 0 Å². The Morgan fingerprint density at radius 3 is 2.32 bits per heavy atom. The van der Waals surface area contributed by atoms with Crippen LogP contribution in [-0.2, 0) is 10.0 Å². The van der Waals surface area contributed by atoms with Crippen molar-refractivity contribution in [2.24, 2.45) is 5.92 Å². The van der Waals surface area contributed by atoms with E-state index in [1.54, 1.807) is 24.3 Å². The number of sulfonamides is 1. The normalized spacial score (nSPS) is 17.8. The number of rotatable bonds is 6. The third-order valence-corrected chi connectivity index (χ3v) is 5.98. The van der Waals surface area contributed by atoms with E-state index in [0.717, 1.165) is 25.6 Å². The maximum atomic E-state index is 12.0. The van der Waals surface area contributed by atoms with Crippen LogP contribution in [0.3, 0.4) is 0 Å². The van der Waals surface area contributed by atoms with E-state index in [1.165, 1.54) is 31.2 Å². The van der Waals surface area contributed by atoms with Crippen LogP contribution in [0.2, 0.25) is 0 Å². The zero-order valence-electron chi connectivity index (χ0n) is 13.7. The van der Waals surface area contributed by atoms with Gasteiger partial charge in [0.05, 0.1) is 4.90 Å². The highest BCUT2D eigenvalue weighted by Crippen LogP contribution is 2.19. The van der Waals surface area contributed by atoms with Gasteiger partial charge >= 0.3 is 0 Å². The summed E-state index contributed by atoms with van der Waals surface area (Å²) < 4.78 is 30.9. The molecule has 1 saturated heterocycles. The van der Waals surface area contributed by atoms with E-state index in [2.05, 4.69) is 11.8 Å². The third kappa shape index (κ3) is 4.44. The molecule has 2 rings (SSSR count). The second-order valence-electron chi connectivity index (χ2n) is 6.13. The number of nitrogens with zero attached hydrogens (tertiary/aromatic N) is 2. The largest absolute Gasteiger partial charge is 0.492 e. The smallest absolute Gasteiger partial charge is 0.242 e. The van der Waals surface area contributed by atoms with Gasteiger partial charge in [-0.05, 0) is 56.1 Å². The number of likely N-dealkylation sites (tertiary alicyclic amines) is 1. The van der Waals surface area contributed by atoms with E-state index in [-0.39, 0.29) is 4.90 Å². The van der Waals surface area contributed by atoms with E-state index in [0.29, 0.717) is 12.4 Å². The second-order valence-corrected chi connectivity index (χ2v) is 8.28. The number of hydrogen-bond donors (Lipinski definition) is 0. The molecule has 0 aromatic heterocycles. The van der Waals surface area contributed by atoms with Gasteiger partial charge in [0, 0.05) is 20.6 Å². The molecule has 0 unspecified atom stereocenters. The zero-order valence-corrected chi connectivity index (χ0v) is 14.5. The fourth-order valence-electron chi connectivity index (χ4n) is 2.50. The summed E-state index contributed by atoms with van der Waals surface area (Å²) in [5.74, 6) is 1.55. The molecular formula is C16H26N2O3S. The Morgan fingerprint density at radius 1 is 1.18 bits per heavy atom. The fourth-order valence-corrected chi connectivity index (χ4v) is 3.40. The minimum Gasteiger partial charge on any atom is -0.492 e. The summed E-state index contributed by atoms with van der Waals surface area (Å²) in [5.41, 5.74) is 0. The van der Waals surface area contributed by atoms with E-state index in [1.807, 2.05) is 0 Å². The van der Waals surface area contributed by atoms with Gasteiger partial charge in [0.25, 0.3) is 0 Å². The van der Waals surface area contributed by atoms with Crippen LogP contribution in [0.5, 0.6) is 5.75 Å². The first-order chi connectivity index (χ1) is 10.4. The van der Waals surface area contributed by atoms with E-state index in [4.69, 9.17) is 4.74 Å². The molecule has 0 aliphatic carbocycles. The Morgan fingerprint density at radius 2 is 1.77 bits per heavy atom. The van der Waals surface area contributed by atoms with Crippen molar-refractivity contribution in [1.29, 1.82) is 0 Å². The van der Waals surface area contributed by atoms with Gasteiger partial charge in [-0.1, -0.05) is 6.92 Å². The van der Waals surface area contributed by atoms with Crippen molar-refractivity contribution >= 4 is 10.0 Å². The van der Waals surface area contributed by atoms with Gasteiger partial charge in [-0.2, -0.15) is 0 Å². The minimum atomic E-state index is -3.37. The molecule has 0 amide bonds. The highest BCUT2D eigenvalue weighted by Gasteiger charge is 2.17. The average Bonchev–Trinajstić information content (AvgIpc) is 2.49. The Kier molecular flexibility index (Phi) is 5.83. The van der Waals surface area contributed by atoms with Crippen molar-refractivity contribution in [2.45, 2.75) is 24.7 Å². The molecule has 5 nitrogen and oxygen atoms in total. The zero-order chi connectivity index (χ0) is 16.2. The van der Waals surface area contributed by atoms with Gasteiger partial charge in [0.1, 0.15) is 12.4 Å². The summed E-state index contributed by atoms with van der Waals surface area (Å²) in [7, 11) is -0.313. The molecule has 22 heavy (non-hydrogen) atoms. The molecule has 1 fully saturated rings. The molecular weight excluding hydrogens is 300 g/mol. The minimum absolute atomic E-state index is 0.287. The molecule has 0 spiro atoms. The highest BCUT2D eigenvalue weighted by atomic mass is 32.2. The Hall–Kier alpha value is -1.11. The molecule has 1 aromatic rings. The molecule has 1 heterocycles. The number of piperidine rings is 1. The molecule has 0 radical (unpaired) electrons. The maximum absolute atomic E-state index is 12.0. The SMILES string of the molecule is CC1CCN(CCOc2ccc(S(=O)(=O)N(C)C)cc2)CC1. The third-order valence-electron chi connectivity index (χ3n) is 4.15. The summed E-state index contributed by atoms with van der Waals surface area (Å²) >= 11 is 0. The van der Waals surface area contributed by atoms with Crippen LogP contribution in [-0.4, -0.2) is 58.0 Å². The van der Waals surface area contributed by atoms with Crippen molar-refractivity contribution in [3.05, 3.63) is 24.3 Å². The van der Waals surface area contributed by atoms with E-state index >= 15 is 0 Å². The topological polar surface area (TPSA) is 49.9 Å². The quantitative estimate of drug-likeness (QED) is 0.803. The molecule has 6 heteroatoms. The maximum Gasteiger partial charge on any atom is 0.242 e. The molecule has 0 atom stereocenters. The summed E-state index contributed by atoms with van der Waals surface area (Å²) in [6.07, 6.45) is 2.52. The highest BCUT2D eigenvalue weighted by molar-refractivity contribution is 7.89. The van der Waals surface area contributed by atoms with Gasteiger partial charge in [-0.15, -0.1) is 0 Å². The predicted octanol–water partition coefficient (Wildman–Crippen LogP) is 2.05. The lowest BCUT2D eigenvalue weighted by Gasteiger charge is -2.29. The lowest BCUT2D eigenvalue weighted by atomic mass is 9.99. The molecule has 1 aliphatic rings. The van der Waals surface area contributed by atoms with E-state index < -0.39 is 10.0 Å². The van der Waals surface area contributed by atoms with Crippen LogP contribution in [0, 0.1) is 5.92 Å². The van der Waals surface area contributed by atoms with Crippen LogP contribution < -0.4 is 4.74 Å². The number of benzene rings is 1. The first-order valence-corrected chi connectivity index (χ1v) is 9.21. The van der Waals surface area contributed by atoms with Gasteiger partial charge in [-0.25, -0.2) is 12.7 Å². The summed E-state index contributed by atoms with van der Waals surface area (Å²) in [5, 5.41) is 0. The van der Waals surface area contributed by atoms with Crippen LogP contribution in [0.25, 0.3) is 0 Å². The molecule has 1 aromatic carbocycles. The van der Waals surface area contributed by atoms with Crippen molar-refractivity contribution in [1.82, 2.24) is 9.21 Å². The van der Waals surface area contributed by atoms with Crippen LogP contribution in [0.1, 0.15) is 19.8 Å². The molecule has 1 aliphatic heterocycles. The summed E-state index contributed by atoms with van der Waals surface area (Å²) in [4.78, 5) is 2.71. The summed E-state index contributed by atoms with van der Waals surface area (Å²) in [6.45, 7) is 6.14. The number of ether oxygens (including phenoxy) is 1. The van der Waals surface area contributed by atoms with Gasteiger partial charge in [0.2, 0.25) is 10.0 Å². The molecule has 124 valence electrons. The molecule has 0 bridgehead atoms.